The van der Waals surface area contributed by atoms with E-state index in [-0.39, 0.29) is 29.5 Å². The summed E-state index contributed by atoms with van der Waals surface area (Å²) in [5.41, 5.74) is 6.48. The van der Waals surface area contributed by atoms with Gasteiger partial charge in [0.25, 0.3) is 0 Å². The lowest BCUT2D eigenvalue weighted by Crippen LogP contribution is -2.35. The predicted octanol–water partition coefficient (Wildman–Crippen LogP) is 1.86. The van der Waals surface area contributed by atoms with Gasteiger partial charge in [0.05, 0.1) is 6.54 Å². The van der Waals surface area contributed by atoms with Crippen molar-refractivity contribution in [2.75, 3.05) is 31.5 Å². The lowest BCUT2D eigenvalue weighted by atomic mass is 9.90. The molecule has 1 aliphatic heterocycles. The monoisotopic (exact) mass is 301 g/mol. The normalized spacial score (nSPS) is 22.4. The van der Waals surface area contributed by atoms with E-state index in [0.29, 0.717) is 18.8 Å². The van der Waals surface area contributed by atoms with Gasteiger partial charge in [-0.05, 0) is 49.2 Å². The Hall–Kier alpha value is -1.17. The van der Waals surface area contributed by atoms with E-state index in [1.165, 1.54) is 12.1 Å². The van der Waals surface area contributed by atoms with Crippen molar-refractivity contribution in [1.29, 1.82) is 0 Å². The molecule has 0 spiro atoms. The second-order valence-electron chi connectivity index (χ2n) is 5.53. The lowest BCUT2D eigenvalue weighted by Gasteiger charge is -2.22. The molecule has 1 saturated heterocycles. The first-order valence-corrected chi connectivity index (χ1v) is 6.49. The Morgan fingerprint density at radius 1 is 1.45 bits per heavy atom. The van der Waals surface area contributed by atoms with Crippen LogP contribution in [0.5, 0.6) is 0 Å². The molecule has 0 saturated carbocycles. The fraction of sp³-hybridized carbons (Fsp3) is 0.500. The standard InChI is InChI=1S/C14H20FN3O.ClH/c1-14(9-16)6-7-18(10-14)8-13(19)17-12-4-2-11(15)3-5-12;/h2-5H,6-10,16H2,1H3,(H,17,19);1H. The van der Waals surface area contributed by atoms with Crippen molar-refractivity contribution < 1.29 is 9.18 Å². The third-order valence-electron chi connectivity index (χ3n) is 3.62. The number of hydrogen-bond acceptors (Lipinski definition) is 3. The zero-order valence-corrected chi connectivity index (χ0v) is 12.4. The molecule has 0 bridgehead atoms. The van der Waals surface area contributed by atoms with Crippen LogP contribution < -0.4 is 11.1 Å². The first kappa shape index (κ1) is 16.9. The first-order chi connectivity index (χ1) is 9.00. The van der Waals surface area contributed by atoms with Gasteiger partial charge < -0.3 is 11.1 Å². The molecule has 1 atom stereocenters. The number of nitrogens with one attached hydrogen (secondary N) is 1. The Balaban J connectivity index is 0.00000200. The van der Waals surface area contributed by atoms with E-state index in [2.05, 4.69) is 17.1 Å². The fourth-order valence-corrected chi connectivity index (χ4v) is 2.36. The van der Waals surface area contributed by atoms with Crippen LogP contribution in [0.3, 0.4) is 0 Å². The summed E-state index contributed by atoms with van der Waals surface area (Å²) in [5, 5.41) is 2.76. The Labute approximate surface area is 124 Å². The molecule has 1 fully saturated rings. The average Bonchev–Trinajstić information content (AvgIpc) is 2.74. The molecular formula is C14H21ClFN3O. The topological polar surface area (TPSA) is 58.4 Å². The largest absolute Gasteiger partial charge is 0.330 e. The first-order valence-electron chi connectivity index (χ1n) is 6.49. The Morgan fingerprint density at radius 3 is 2.65 bits per heavy atom. The van der Waals surface area contributed by atoms with Gasteiger partial charge in [-0.3, -0.25) is 9.69 Å². The summed E-state index contributed by atoms with van der Waals surface area (Å²) in [5.74, 6) is -0.385. The molecule has 4 nitrogen and oxygen atoms in total. The third-order valence-corrected chi connectivity index (χ3v) is 3.62. The predicted molar refractivity (Wildman–Crippen MR) is 80.5 cm³/mol. The molecule has 0 aliphatic carbocycles. The van der Waals surface area contributed by atoms with Crippen LogP contribution in [0.1, 0.15) is 13.3 Å². The van der Waals surface area contributed by atoms with Gasteiger partial charge in [0.15, 0.2) is 0 Å². The maximum atomic E-state index is 12.7. The van der Waals surface area contributed by atoms with E-state index in [4.69, 9.17) is 5.73 Å². The number of benzene rings is 1. The van der Waals surface area contributed by atoms with Gasteiger partial charge in [-0.15, -0.1) is 12.4 Å². The number of rotatable bonds is 4. The van der Waals surface area contributed by atoms with Crippen LogP contribution in [0.2, 0.25) is 0 Å². The van der Waals surface area contributed by atoms with Gasteiger partial charge in [-0.25, -0.2) is 4.39 Å². The van der Waals surface area contributed by atoms with Gasteiger partial charge in [0.1, 0.15) is 5.82 Å². The van der Waals surface area contributed by atoms with Crippen molar-refractivity contribution in [1.82, 2.24) is 4.90 Å². The number of halogens is 2. The van der Waals surface area contributed by atoms with E-state index in [9.17, 15) is 9.18 Å². The smallest absolute Gasteiger partial charge is 0.238 e. The van der Waals surface area contributed by atoms with Crippen molar-refractivity contribution in [3.8, 4) is 0 Å². The average molecular weight is 302 g/mol. The molecule has 1 aromatic rings. The van der Waals surface area contributed by atoms with Gasteiger partial charge in [-0.1, -0.05) is 6.92 Å². The highest BCUT2D eigenvalue weighted by atomic mass is 35.5. The van der Waals surface area contributed by atoms with E-state index in [0.717, 1.165) is 19.5 Å². The maximum absolute atomic E-state index is 12.7. The maximum Gasteiger partial charge on any atom is 0.238 e. The summed E-state index contributed by atoms with van der Waals surface area (Å²) in [6, 6.07) is 5.77. The Bertz CT molecular complexity index is 454. The minimum atomic E-state index is -0.309. The highest BCUT2D eigenvalue weighted by Gasteiger charge is 2.32. The molecule has 3 N–H and O–H groups in total. The molecular weight excluding hydrogens is 281 g/mol. The third kappa shape index (κ3) is 4.44. The second kappa shape index (κ2) is 7.02. The summed E-state index contributed by atoms with van der Waals surface area (Å²) in [6.45, 7) is 4.88. The van der Waals surface area contributed by atoms with Crippen LogP contribution in [0, 0.1) is 11.2 Å². The number of nitrogens with zero attached hydrogens (tertiary/aromatic N) is 1. The minimum Gasteiger partial charge on any atom is -0.330 e. The summed E-state index contributed by atoms with van der Waals surface area (Å²) >= 11 is 0. The quantitative estimate of drug-likeness (QED) is 0.892. The van der Waals surface area contributed by atoms with E-state index in [1.807, 2.05) is 0 Å². The molecule has 1 unspecified atom stereocenters. The lowest BCUT2D eigenvalue weighted by molar-refractivity contribution is -0.117. The number of likely N-dealkylation sites (tertiary alicyclic amines) is 1. The molecule has 112 valence electrons. The molecule has 0 radical (unpaired) electrons. The van der Waals surface area contributed by atoms with Gasteiger partial charge in [0, 0.05) is 12.2 Å². The van der Waals surface area contributed by atoms with Crippen LogP contribution in [0.25, 0.3) is 0 Å². The number of anilines is 1. The van der Waals surface area contributed by atoms with Crippen molar-refractivity contribution >= 4 is 24.0 Å². The summed E-state index contributed by atoms with van der Waals surface area (Å²) in [4.78, 5) is 14.0. The van der Waals surface area contributed by atoms with E-state index in [1.54, 1.807) is 12.1 Å². The molecule has 1 heterocycles. The van der Waals surface area contributed by atoms with Crippen LogP contribution in [0.4, 0.5) is 10.1 Å². The van der Waals surface area contributed by atoms with Crippen molar-refractivity contribution in [2.24, 2.45) is 11.1 Å². The highest BCUT2D eigenvalue weighted by molar-refractivity contribution is 5.92. The summed E-state index contributed by atoms with van der Waals surface area (Å²) < 4.78 is 12.7. The molecule has 1 amide bonds. The van der Waals surface area contributed by atoms with Gasteiger partial charge >= 0.3 is 0 Å². The van der Waals surface area contributed by atoms with Crippen molar-refractivity contribution in [3.63, 3.8) is 0 Å². The number of nitrogens with two attached hydrogens (primary N) is 1. The molecule has 1 aromatic carbocycles. The zero-order chi connectivity index (χ0) is 13.9. The van der Waals surface area contributed by atoms with Crippen LogP contribution >= 0.6 is 12.4 Å². The molecule has 0 aromatic heterocycles. The molecule has 6 heteroatoms. The number of carbonyl (C=O) groups excluding carboxylic acids is 1. The SMILES string of the molecule is CC1(CN)CCN(CC(=O)Nc2ccc(F)cc2)C1.Cl. The summed E-state index contributed by atoms with van der Waals surface area (Å²) in [7, 11) is 0. The van der Waals surface area contributed by atoms with E-state index >= 15 is 0 Å². The Kier molecular flexibility index (Phi) is 5.92. The fourth-order valence-electron chi connectivity index (χ4n) is 2.36. The summed E-state index contributed by atoms with van der Waals surface area (Å²) in [6.07, 6.45) is 1.02. The molecule has 20 heavy (non-hydrogen) atoms. The zero-order valence-electron chi connectivity index (χ0n) is 11.6. The van der Waals surface area contributed by atoms with Crippen LogP contribution in [-0.2, 0) is 4.79 Å². The number of carbonyl (C=O) groups is 1. The van der Waals surface area contributed by atoms with E-state index < -0.39 is 0 Å². The Morgan fingerprint density at radius 2 is 2.10 bits per heavy atom. The number of amides is 1. The van der Waals surface area contributed by atoms with Gasteiger partial charge in [0.2, 0.25) is 5.91 Å². The minimum absolute atomic E-state index is 0. The second-order valence-corrected chi connectivity index (χ2v) is 5.53. The van der Waals surface area contributed by atoms with Gasteiger partial charge in [-0.2, -0.15) is 0 Å². The number of hydrogen-bond donors (Lipinski definition) is 2. The highest BCUT2D eigenvalue weighted by Crippen LogP contribution is 2.28. The van der Waals surface area contributed by atoms with Crippen molar-refractivity contribution in [2.45, 2.75) is 13.3 Å². The van der Waals surface area contributed by atoms with Crippen LogP contribution in [-0.4, -0.2) is 37.0 Å². The van der Waals surface area contributed by atoms with Crippen LogP contribution in [0.15, 0.2) is 24.3 Å². The molecule has 1 aliphatic rings. The molecule has 2 rings (SSSR count). The van der Waals surface area contributed by atoms with Crippen molar-refractivity contribution in [3.05, 3.63) is 30.1 Å².